The minimum Gasteiger partial charge on any atom is -0.496 e. The summed E-state index contributed by atoms with van der Waals surface area (Å²) in [5, 5.41) is 10.8. The van der Waals surface area contributed by atoms with Crippen LogP contribution in [0.4, 0.5) is 15.9 Å². The first kappa shape index (κ1) is 42.4. The number of amides is 5. The summed E-state index contributed by atoms with van der Waals surface area (Å²) < 4.78 is 20.9. The van der Waals surface area contributed by atoms with Crippen molar-refractivity contribution in [2.24, 2.45) is 0 Å². The van der Waals surface area contributed by atoms with Crippen molar-refractivity contribution < 1.29 is 33.1 Å². The standard InChI is InChI=1S/C46H50FN11O6/c1-64-37-13-9-31(47)23-35(37)44(61)49-24-28-5-7-29(8-6-28)41-40-42(48)50-27-51-43(40)58(53-41)33-15-17-56(26-33)39(60)4-2-3-16-54-18-20-55(21-19-54)32-10-11-34-30(22-32)25-57(46(34)63)36-12-14-38(59)52-45(36)62/h5-11,13,22-23,27,33,36H,2-4,12,14-21,24-26H2,1H3,(H,49,61)(H2,48,50,51)(H,52,59,62)/t33?,36-/m0/s1. The number of methoxy groups -OCH3 is 1. The number of piperidine rings is 1. The number of unbranched alkanes of at least 4 members (excludes halogenated alkanes) is 1. The number of imide groups is 1. The lowest BCUT2D eigenvalue weighted by Gasteiger charge is -2.36. The third-order valence-electron chi connectivity index (χ3n) is 12.8. The molecule has 0 saturated carbocycles. The van der Waals surface area contributed by atoms with Crippen LogP contribution in [0.2, 0.25) is 0 Å². The molecule has 0 bridgehead atoms. The van der Waals surface area contributed by atoms with Crippen molar-refractivity contribution in [3.63, 3.8) is 0 Å². The number of likely N-dealkylation sites (tertiary alicyclic amines) is 1. The number of nitrogen functional groups attached to an aromatic ring is 1. The van der Waals surface area contributed by atoms with E-state index in [-0.39, 0.29) is 48.0 Å². The molecule has 0 radical (unpaired) electrons. The molecule has 2 aromatic heterocycles. The van der Waals surface area contributed by atoms with Gasteiger partial charge in [-0.15, -0.1) is 0 Å². The molecule has 18 heteroatoms. The second-order valence-electron chi connectivity index (χ2n) is 16.8. The Kier molecular flexibility index (Phi) is 11.9. The lowest BCUT2D eigenvalue weighted by molar-refractivity contribution is -0.137. The van der Waals surface area contributed by atoms with Crippen molar-refractivity contribution in [1.29, 1.82) is 0 Å². The number of carbonyl (C=O) groups is 5. The molecule has 17 nitrogen and oxygen atoms in total. The Morgan fingerprint density at radius 2 is 1.77 bits per heavy atom. The second kappa shape index (κ2) is 18.0. The van der Waals surface area contributed by atoms with Crippen molar-refractivity contribution >= 4 is 52.1 Å². The molecule has 0 aliphatic carbocycles. The number of halogens is 1. The number of fused-ring (bicyclic) bond motifs is 2. The first-order chi connectivity index (χ1) is 31.0. The number of nitrogens with one attached hydrogen (secondary N) is 2. The summed E-state index contributed by atoms with van der Waals surface area (Å²) >= 11 is 0. The number of anilines is 2. The number of carbonyl (C=O) groups excluding carboxylic acids is 5. The highest BCUT2D eigenvalue weighted by Gasteiger charge is 2.39. The fraction of sp³-hybridized carbons (Fsp3) is 0.391. The van der Waals surface area contributed by atoms with Crippen molar-refractivity contribution in [3.05, 3.63) is 95.1 Å². The molecule has 5 aromatic rings. The third kappa shape index (κ3) is 8.56. The molecule has 4 aliphatic heterocycles. The predicted octanol–water partition coefficient (Wildman–Crippen LogP) is 3.68. The summed E-state index contributed by atoms with van der Waals surface area (Å²) in [5.74, 6) is -1.14. The van der Waals surface area contributed by atoms with Gasteiger partial charge in [0.05, 0.1) is 24.1 Å². The molecule has 1 unspecified atom stereocenters. The maximum Gasteiger partial charge on any atom is 0.255 e. The van der Waals surface area contributed by atoms with Gasteiger partial charge in [-0.25, -0.2) is 19.0 Å². The van der Waals surface area contributed by atoms with Crippen LogP contribution in [0.1, 0.15) is 76.4 Å². The number of hydrogen-bond donors (Lipinski definition) is 3. The smallest absolute Gasteiger partial charge is 0.255 e. The molecule has 332 valence electrons. The predicted molar refractivity (Wildman–Crippen MR) is 235 cm³/mol. The number of benzene rings is 3. The van der Waals surface area contributed by atoms with E-state index < -0.39 is 23.7 Å². The van der Waals surface area contributed by atoms with Crippen LogP contribution in [-0.2, 0) is 27.5 Å². The number of aromatic nitrogens is 4. The largest absolute Gasteiger partial charge is 0.496 e. The lowest BCUT2D eigenvalue weighted by atomic mass is 10.0. The number of hydrogen-bond acceptors (Lipinski definition) is 12. The van der Waals surface area contributed by atoms with E-state index in [1.807, 2.05) is 46.0 Å². The van der Waals surface area contributed by atoms with E-state index in [0.29, 0.717) is 60.6 Å². The Balaban J connectivity index is 0.741. The van der Waals surface area contributed by atoms with Crippen molar-refractivity contribution in [2.75, 3.05) is 63.6 Å². The maximum atomic E-state index is 13.8. The SMILES string of the molecule is COc1ccc(F)cc1C(=O)NCc1ccc(-c2nn(C3CCN(C(=O)CCCCN4CCN(c5ccc6c(c5)CN([C@H]5CCC(=O)NC5=O)C6=O)CC4)C3)c3ncnc(N)c23)cc1. The van der Waals surface area contributed by atoms with E-state index in [9.17, 15) is 28.4 Å². The zero-order valence-electron chi connectivity index (χ0n) is 35.6. The first-order valence-electron chi connectivity index (χ1n) is 21.8. The normalized spacial score (nSPS) is 19.0. The Labute approximate surface area is 368 Å². The lowest BCUT2D eigenvalue weighted by Crippen LogP contribution is -2.52. The van der Waals surface area contributed by atoms with Crippen LogP contribution in [0.5, 0.6) is 5.75 Å². The number of rotatable bonds is 13. The molecular weight excluding hydrogens is 822 g/mol. The molecule has 9 rings (SSSR count). The van der Waals surface area contributed by atoms with Gasteiger partial charge in [-0.05, 0) is 79.8 Å². The van der Waals surface area contributed by atoms with Crippen LogP contribution >= 0.6 is 0 Å². The van der Waals surface area contributed by atoms with E-state index in [1.165, 1.54) is 25.6 Å². The average molecular weight is 872 g/mol. The Bertz CT molecular complexity index is 2630. The van der Waals surface area contributed by atoms with E-state index in [2.05, 4.69) is 36.5 Å². The van der Waals surface area contributed by atoms with Gasteiger partial charge in [-0.3, -0.25) is 34.2 Å². The summed E-state index contributed by atoms with van der Waals surface area (Å²) in [6, 6.07) is 16.5. The van der Waals surface area contributed by atoms with E-state index in [0.717, 1.165) is 80.4 Å². The summed E-state index contributed by atoms with van der Waals surface area (Å²) in [5.41, 5.74) is 11.9. The van der Waals surface area contributed by atoms with Gasteiger partial charge in [0, 0.05) is 82.0 Å². The topological polar surface area (TPSA) is 201 Å². The Morgan fingerprint density at radius 3 is 2.55 bits per heavy atom. The zero-order chi connectivity index (χ0) is 44.5. The van der Waals surface area contributed by atoms with Crippen LogP contribution < -0.4 is 26.0 Å². The van der Waals surface area contributed by atoms with Crippen molar-refractivity contribution in [2.45, 2.75) is 63.7 Å². The number of ether oxygens (including phenoxy) is 1. The summed E-state index contributed by atoms with van der Waals surface area (Å²) in [4.78, 5) is 80.5. The molecule has 3 fully saturated rings. The van der Waals surface area contributed by atoms with Gasteiger partial charge < -0.3 is 30.5 Å². The molecule has 6 heterocycles. The molecule has 5 amide bonds. The molecule has 2 atom stereocenters. The second-order valence-corrected chi connectivity index (χ2v) is 16.8. The van der Waals surface area contributed by atoms with Gasteiger partial charge in [-0.2, -0.15) is 5.10 Å². The highest BCUT2D eigenvalue weighted by molar-refractivity contribution is 6.05. The number of nitrogens with two attached hydrogens (primary N) is 1. The maximum absolute atomic E-state index is 13.8. The third-order valence-corrected chi connectivity index (χ3v) is 12.8. The Morgan fingerprint density at radius 1 is 0.953 bits per heavy atom. The molecule has 64 heavy (non-hydrogen) atoms. The van der Waals surface area contributed by atoms with Crippen LogP contribution in [0.25, 0.3) is 22.3 Å². The van der Waals surface area contributed by atoms with Gasteiger partial charge in [0.15, 0.2) is 5.65 Å². The first-order valence-corrected chi connectivity index (χ1v) is 21.8. The molecule has 0 spiro atoms. The number of piperazine rings is 1. The fourth-order valence-corrected chi connectivity index (χ4v) is 9.29. The highest BCUT2D eigenvalue weighted by Crippen LogP contribution is 2.35. The van der Waals surface area contributed by atoms with Gasteiger partial charge in [0.25, 0.3) is 11.8 Å². The molecular formula is C46H50FN11O6. The summed E-state index contributed by atoms with van der Waals surface area (Å²) in [7, 11) is 1.43. The minimum absolute atomic E-state index is 0.0875. The van der Waals surface area contributed by atoms with Gasteiger partial charge in [0.1, 0.15) is 35.4 Å². The minimum atomic E-state index is -0.628. The number of nitrogens with zero attached hydrogens (tertiary/aromatic N) is 8. The van der Waals surface area contributed by atoms with E-state index >= 15 is 0 Å². The highest BCUT2D eigenvalue weighted by atomic mass is 19.1. The zero-order valence-corrected chi connectivity index (χ0v) is 35.6. The summed E-state index contributed by atoms with van der Waals surface area (Å²) in [6.07, 6.45) is 4.90. The van der Waals surface area contributed by atoms with Crippen LogP contribution in [-0.4, -0.2) is 123 Å². The average Bonchev–Trinajstić information content (AvgIpc) is 4.04. The monoisotopic (exact) mass is 871 g/mol. The van der Waals surface area contributed by atoms with E-state index in [1.54, 1.807) is 4.90 Å². The molecule has 4 N–H and O–H groups in total. The molecule has 3 saturated heterocycles. The Hall–Kier alpha value is -6.95. The molecule has 4 aliphatic rings. The fourth-order valence-electron chi connectivity index (χ4n) is 9.29. The van der Waals surface area contributed by atoms with Gasteiger partial charge >= 0.3 is 0 Å². The van der Waals surface area contributed by atoms with Crippen LogP contribution in [0, 0.1) is 5.82 Å². The van der Waals surface area contributed by atoms with Gasteiger partial charge in [0.2, 0.25) is 17.7 Å². The van der Waals surface area contributed by atoms with Crippen molar-refractivity contribution in [1.82, 2.24) is 45.1 Å². The molecule has 3 aromatic carbocycles. The van der Waals surface area contributed by atoms with E-state index in [4.69, 9.17) is 15.6 Å². The van der Waals surface area contributed by atoms with Gasteiger partial charge in [-0.1, -0.05) is 24.3 Å². The quantitative estimate of drug-likeness (QED) is 0.115. The summed E-state index contributed by atoms with van der Waals surface area (Å²) in [6.45, 7) is 6.09. The van der Waals surface area contributed by atoms with Crippen molar-refractivity contribution in [3.8, 4) is 17.0 Å². The van der Waals surface area contributed by atoms with Crippen LogP contribution in [0.3, 0.4) is 0 Å². The van der Waals surface area contributed by atoms with Crippen LogP contribution in [0.15, 0.2) is 67.0 Å².